The third kappa shape index (κ3) is 4.97. The number of nitrogens with one attached hydrogen (secondary N) is 1. The lowest BCUT2D eigenvalue weighted by atomic mass is 10.2. The lowest BCUT2D eigenvalue weighted by molar-refractivity contribution is -0.116. The second-order valence-electron chi connectivity index (χ2n) is 4.20. The summed E-state index contributed by atoms with van der Waals surface area (Å²) < 4.78 is 11.5. The smallest absolute Gasteiger partial charge is 0.236 e. The molecule has 1 fully saturated rings. The minimum Gasteiger partial charge on any atom is -0.490 e. The van der Waals surface area contributed by atoms with Crippen molar-refractivity contribution in [1.82, 2.24) is 5.32 Å². The highest BCUT2D eigenvalue weighted by Crippen LogP contribution is 2.36. The first-order chi connectivity index (χ1) is 11.1. The van der Waals surface area contributed by atoms with E-state index < -0.39 is 0 Å². The van der Waals surface area contributed by atoms with Crippen LogP contribution in [0.3, 0.4) is 0 Å². The first-order valence-corrected chi connectivity index (χ1v) is 8.41. The van der Waals surface area contributed by atoms with Crippen LogP contribution in [0.15, 0.2) is 26.8 Å². The van der Waals surface area contributed by atoms with Crippen molar-refractivity contribution in [2.24, 2.45) is 10.2 Å². The number of rotatable bonds is 6. The van der Waals surface area contributed by atoms with E-state index in [1.54, 1.807) is 18.3 Å². The number of carbonyl (C=O) groups is 1. The Morgan fingerprint density at radius 1 is 1.52 bits per heavy atom. The summed E-state index contributed by atoms with van der Waals surface area (Å²) in [6.07, 6.45) is 1.54. The second-order valence-corrected chi connectivity index (χ2v) is 6.01. The molecular weight excluding hydrogens is 384 g/mol. The first kappa shape index (κ1) is 17.3. The number of amidine groups is 1. The standard InChI is InChI=1S/C14H13BrN4O3S/c1-2-21-11-6-9(5-10(15)13(11)22-4-3-16)7-17-19-14-18-12(20)8-23-14/h5-7H,2,4,8H2,1H3,(H,18,19,20). The summed E-state index contributed by atoms with van der Waals surface area (Å²) >= 11 is 4.69. The molecule has 1 aromatic rings. The SMILES string of the molecule is CCOc1cc(C=NN=C2NC(=O)CS2)cc(Br)c1OCC#N. The van der Waals surface area contributed by atoms with Crippen molar-refractivity contribution in [1.29, 1.82) is 5.26 Å². The summed E-state index contributed by atoms with van der Waals surface area (Å²) in [5.74, 6) is 1.26. The van der Waals surface area contributed by atoms with Crippen molar-refractivity contribution < 1.29 is 14.3 Å². The molecular formula is C14H13BrN4O3S. The Labute approximate surface area is 145 Å². The average Bonchev–Trinajstić information content (AvgIpc) is 2.92. The monoisotopic (exact) mass is 396 g/mol. The predicted molar refractivity (Wildman–Crippen MR) is 92.0 cm³/mol. The molecule has 9 heteroatoms. The van der Waals surface area contributed by atoms with E-state index in [0.717, 1.165) is 5.56 Å². The van der Waals surface area contributed by atoms with Crippen LogP contribution >= 0.6 is 27.7 Å². The topological polar surface area (TPSA) is 96.1 Å². The number of benzene rings is 1. The summed E-state index contributed by atoms with van der Waals surface area (Å²) in [5.41, 5.74) is 0.739. The van der Waals surface area contributed by atoms with Gasteiger partial charge in [0.15, 0.2) is 23.3 Å². The van der Waals surface area contributed by atoms with Crippen LogP contribution in [-0.4, -0.2) is 36.3 Å². The van der Waals surface area contributed by atoms with Gasteiger partial charge in [-0.2, -0.15) is 10.4 Å². The number of halogens is 1. The van der Waals surface area contributed by atoms with Crippen molar-refractivity contribution in [3.05, 3.63) is 22.2 Å². The van der Waals surface area contributed by atoms with Crippen molar-refractivity contribution in [2.45, 2.75) is 6.92 Å². The van der Waals surface area contributed by atoms with Gasteiger partial charge in [-0.05, 0) is 40.5 Å². The number of hydrogen-bond donors (Lipinski definition) is 1. The number of amides is 1. The fraction of sp³-hybridized carbons (Fsp3) is 0.286. The maximum absolute atomic E-state index is 11.0. The van der Waals surface area contributed by atoms with Crippen LogP contribution in [0.2, 0.25) is 0 Å². The molecule has 120 valence electrons. The van der Waals surface area contributed by atoms with Gasteiger partial charge in [0, 0.05) is 0 Å². The zero-order chi connectivity index (χ0) is 16.7. The Kier molecular flexibility index (Phi) is 6.43. The summed E-state index contributed by atoms with van der Waals surface area (Å²) in [7, 11) is 0. The fourth-order valence-corrected chi connectivity index (χ4v) is 2.90. The molecule has 0 saturated carbocycles. The average molecular weight is 397 g/mol. The Hall–Kier alpha value is -2.05. The Morgan fingerprint density at radius 3 is 3.00 bits per heavy atom. The molecule has 1 aliphatic rings. The summed E-state index contributed by atoms with van der Waals surface area (Å²) in [4.78, 5) is 11.0. The Morgan fingerprint density at radius 2 is 2.35 bits per heavy atom. The summed E-state index contributed by atoms with van der Waals surface area (Å²) in [6, 6.07) is 5.44. The molecule has 2 rings (SSSR count). The van der Waals surface area contributed by atoms with Crippen molar-refractivity contribution in [2.75, 3.05) is 19.0 Å². The molecule has 0 spiro atoms. The van der Waals surface area contributed by atoms with E-state index >= 15 is 0 Å². The minimum absolute atomic E-state index is 0.0727. The van der Waals surface area contributed by atoms with Gasteiger partial charge in [-0.25, -0.2) is 0 Å². The van der Waals surface area contributed by atoms with Crippen LogP contribution in [0.25, 0.3) is 0 Å². The Bertz CT molecular complexity index is 700. The maximum Gasteiger partial charge on any atom is 0.236 e. The largest absolute Gasteiger partial charge is 0.490 e. The van der Waals surface area contributed by atoms with Gasteiger partial charge in [-0.1, -0.05) is 11.8 Å². The number of nitrogens with zero attached hydrogens (tertiary/aromatic N) is 3. The van der Waals surface area contributed by atoms with E-state index in [-0.39, 0.29) is 12.5 Å². The van der Waals surface area contributed by atoms with Crippen LogP contribution in [-0.2, 0) is 4.79 Å². The third-order valence-corrected chi connectivity index (χ3v) is 4.01. The lowest BCUT2D eigenvalue weighted by Gasteiger charge is -2.12. The number of hydrogen-bond acceptors (Lipinski definition) is 7. The maximum atomic E-state index is 11.0. The van der Waals surface area contributed by atoms with Gasteiger partial charge >= 0.3 is 0 Å². The second kappa shape index (κ2) is 8.55. The van der Waals surface area contributed by atoms with E-state index in [1.165, 1.54) is 11.8 Å². The quantitative estimate of drug-likeness (QED) is 0.587. The van der Waals surface area contributed by atoms with Crippen LogP contribution in [0.4, 0.5) is 0 Å². The molecule has 0 atom stereocenters. The van der Waals surface area contributed by atoms with Crippen molar-refractivity contribution >= 4 is 45.0 Å². The van der Waals surface area contributed by atoms with Crippen LogP contribution in [0, 0.1) is 11.3 Å². The zero-order valence-corrected chi connectivity index (χ0v) is 14.6. The molecule has 23 heavy (non-hydrogen) atoms. The normalized spacial score (nSPS) is 15.7. The predicted octanol–water partition coefficient (Wildman–Crippen LogP) is 2.30. The lowest BCUT2D eigenvalue weighted by Crippen LogP contribution is -2.19. The Balaban J connectivity index is 2.19. The van der Waals surface area contributed by atoms with Gasteiger partial charge in [0.25, 0.3) is 0 Å². The highest BCUT2D eigenvalue weighted by molar-refractivity contribution is 9.10. The van der Waals surface area contributed by atoms with Gasteiger partial charge in [0.1, 0.15) is 6.07 Å². The van der Waals surface area contributed by atoms with E-state index in [4.69, 9.17) is 14.7 Å². The minimum atomic E-state index is -0.0793. The van der Waals surface area contributed by atoms with Crippen molar-refractivity contribution in [3.63, 3.8) is 0 Å². The van der Waals surface area contributed by atoms with E-state index in [2.05, 4.69) is 31.4 Å². The molecule has 7 nitrogen and oxygen atoms in total. The highest BCUT2D eigenvalue weighted by Gasteiger charge is 2.16. The van der Waals surface area contributed by atoms with Gasteiger partial charge < -0.3 is 14.8 Å². The molecule has 1 amide bonds. The molecule has 1 N–H and O–H groups in total. The van der Waals surface area contributed by atoms with Crippen LogP contribution in [0.5, 0.6) is 11.5 Å². The number of nitriles is 1. The van der Waals surface area contributed by atoms with Gasteiger partial charge in [-0.15, -0.1) is 5.10 Å². The molecule has 1 aliphatic heterocycles. The van der Waals surface area contributed by atoms with E-state index in [9.17, 15) is 4.79 Å². The summed E-state index contributed by atoms with van der Waals surface area (Å²) in [5, 5.41) is 19.6. The summed E-state index contributed by atoms with van der Waals surface area (Å²) in [6.45, 7) is 2.24. The molecule has 1 aromatic carbocycles. The number of carbonyl (C=O) groups excluding carboxylic acids is 1. The molecule has 0 aromatic heterocycles. The van der Waals surface area contributed by atoms with Crippen LogP contribution in [0.1, 0.15) is 12.5 Å². The third-order valence-electron chi connectivity index (χ3n) is 2.55. The molecule has 0 bridgehead atoms. The molecule has 1 heterocycles. The number of thioether (sulfide) groups is 1. The van der Waals surface area contributed by atoms with Crippen molar-refractivity contribution in [3.8, 4) is 17.6 Å². The fourth-order valence-electron chi connectivity index (χ4n) is 1.70. The van der Waals surface area contributed by atoms with E-state index in [1.807, 2.05) is 13.0 Å². The molecule has 0 aliphatic carbocycles. The zero-order valence-electron chi connectivity index (χ0n) is 12.2. The van der Waals surface area contributed by atoms with Gasteiger partial charge in [0.05, 0.1) is 23.0 Å². The number of ether oxygens (including phenoxy) is 2. The van der Waals surface area contributed by atoms with E-state index in [0.29, 0.717) is 33.5 Å². The molecule has 0 radical (unpaired) electrons. The molecule has 0 unspecified atom stereocenters. The van der Waals surface area contributed by atoms with Crippen LogP contribution < -0.4 is 14.8 Å². The first-order valence-electron chi connectivity index (χ1n) is 6.63. The van der Waals surface area contributed by atoms with Gasteiger partial charge in [-0.3, -0.25) is 4.79 Å². The van der Waals surface area contributed by atoms with Gasteiger partial charge in [0.2, 0.25) is 5.91 Å². The molecule has 1 saturated heterocycles. The highest BCUT2D eigenvalue weighted by atomic mass is 79.9.